The molecule has 5 heteroatoms. The summed E-state index contributed by atoms with van der Waals surface area (Å²) in [5.41, 5.74) is 1.48. The first-order valence-electron chi connectivity index (χ1n) is 8.55. The Morgan fingerprint density at radius 3 is 2.32 bits per heavy atom. The standard InChI is InChI=1S/C20H26N2O3/c1-13(2)24-18-8-6-7-16(11-18)15(5)22-20(23)17-9-10-19(21-12-17)25-14(3)4/h6-15H,1-5H3,(H,22,23)/t15-/m0/s1. The first-order chi connectivity index (χ1) is 11.8. The Balaban J connectivity index is 2.02. The predicted molar refractivity (Wildman–Crippen MR) is 98.1 cm³/mol. The van der Waals surface area contributed by atoms with Crippen molar-refractivity contribution in [3.8, 4) is 11.6 Å². The van der Waals surface area contributed by atoms with Gasteiger partial charge in [0.25, 0.3) is 5.91 Å². The second-order valence-corrected chi connectivity index (χ2v) is 6.49. The van der Waals surface area contributed by atoms with E-state index in [2.05, 4.69) is 10.3 Å². The highest BCUT2D eigenvalue weighted by Crippen LogP contribution is 2.20. The molecule has 0 saturated heterocycles. The zero-order valence-corrected chi connectivity index (χ0v) is 15.4. The van der Waals surface area contributed by atoms with Crippen molar-refractivity contribution in [3.05, 3.63) is 53.7 Å². The number of aromatic nitrogens is 1. The predicted octanol–water partition coefficient (Wildman–Crippen LogP) is 4.15. The molecule has 0 saturated carbocycles. The number of pyridine rings is 1. The highest BCUT2D eigenvalue weighted by Gasteiger charge is 2.13. The van der Waals surface area contributed by atoms with Gasteiger partial charge in [-0.25, -0.2) is 4.98 Å². The highest BCUT2D eigenvalue weighted by atomic mass is 16.5. The maximum Gasteiger partial charge on any atom is 0.253 e. The largest absolute Gasteiger partial charge is 0.491 e. The number of carbonyl (C=O) groups excluding carboxylic acids is 1. The molecule has 1 heterocycles. The van der Waals surface area contributed by atoms with Crippen LogP contribution in [0.25, 0.3) is 0 Å². The summed E-state index contributed by atoms with van der Waals surface area (Å²) in [7, 11) is 0. The average Bonchev–Trinajstić information content (AvgIpc) is 2.54. The van der Waals surface area contributed by atoms with Gasteiger partial charge in [0.2, 0.25) is 5.88 Å². The van der Waals surface area contributed by atoms with E-state index < -0.39 is 0 Å². The molecular formula is C20H26N2O3. The zero-order chi connectivity index (χ0) is 18.4. The fourth-order valence-corrected chi connectivity index (χ4v) is 2.32. The third kappa shape index (κ3) is 5.78. The van der Waals surface area contributed by atoms with Gasteiger partial charge >= 0.3 is 0 Å². The van der Waals surface area contributed by atoms with Crippen LogP contribution in [0.3, 0.4) is 0 Å². The number of benzene rings is 1. The number of rotatable bonds is 7. The maximum absolute atomic E-state index is 12.4. The van der Waals surface area contributed by atoms with Crippen LogP contribution in [0.15, 0.2) is 42.6 Å². The molecule has 2 aromatic rings. The summed E-state index contributed by atoms with van der Waals surface area (Å²) in [6.07, 6.45) is 1.68. The Labute approximate surface area is 149 Å². The molecule has 5 nitrogen and oxygen atoms in total. The van der Waals surface area contributed by atoms with Crippen LogP contribution in [0.4, 0.5) is 0 Å². The summed E-state index contributed by atoms with van der Waals surface area (Å²) in [6, 6.07) is 11.0. The van der Waals surface area contributed by atoms with Crippen LogP contribution in [0.5, 0.6) is 11.6 Å². The number of ether oxygens (including phenoxy) is 2. The lowest BCUT2D eigenvalue weighted by Gasteiger charge is -2.17. The van der Waals surface area contributed by atoms with Gasteiger partial charge in [0.1, 0.15) is 5.75 Å². The molecule has 25 heavy (non-hydrogen) atoms. The summed E-state index contributed by atoms with van der Waals surface area (Å²) < 4.78 is 11.2. The van der Waals surface area contributed by atoms with Crippen molar-refractivity contribution >= 4 is 5.91 Å². The summed E-state index contributed by atoms with van der Waals surface area (Å²) in [6.45, 7) is 9.77. The van der Waals surface area contributed by atoms with Gasteiger partial charge in [0.15, 0.2) is 0 Å². The number of carbonyl (C=O) groups is 1. The monoisotopic (exact) mass is 342 g/mol. The molecule has 1 aromatic heterocycles. The number of amides is 1. The van der Waals surface area contributed by atoms with Gasteiger partial charge in [-0.05, 0) is 58.4 Å². The molecule has 0 aliphatic rings. The lowest BCUT2D eigenvalue weighted by molar-refractivity contribution is 0.0939. The summed E-state index contributed by atoms with van der Waals surface area (Å²) in [5, 5.41) is 2.98. The van der Waals surface area contributed by atoms with Crippen molar-refractivity contribution in [3.63, 3.8) is 0 Å². The van der Waals surface area contributed by atoms with E-state index in [1.54, 1.807) is 12.1 Å². The van der Waals surface area contributed by atoms with Crippen molar-refractivity contribution in [2.45, 2.75) is 52.9 Å². The molecule has 0 fully saturated rings. The van der Waals surface area contributed by atoms with E-state index in [0.29, 0.717) is 11.4 Å². The summed E-state index contributed by atoms with van der Waals surface area (Å²) in [4.78, 5) is 16.6. The van der Waals surface area contributed by atoms with E-state index in [9.17, 15) is 4.79 Å². The minimum absolute atomic E-state index is 0.0486. The van der Waals surface area contributed by atoms with Gasteiger partial charge < -0.3 is 14.8 Å². The first kappa shape index (κ1) is 18.8. The smallest absolute Gasteiger partial charge is 0.253 e. The molecule has 1 amide bonds. The minimum atomic E-state index is -0.175. The molecule has 0 unspecified atom stereocenters. The van der Waals surface area contributed by atoms with E-state index in [4.69, 9.17) is 9.47 Å². The molecule has 0 aliphatic heterocycles. The van der Waals surface area contributed by atoms with Crippen LogP contribution in [-0.4, -0.2) is 23.1 Å². The van der Waals surface area contributed by atoms with E-state index in [0.717, 1.165) is 11.3 Å². The lowest BCUT2D eigenvalue weighted by atomic mass is 10.1. The minimum Gasteiger partial charge on any atom is -0.491 e. The second kappa shape index (κ2) is 8.51. The number of hydrogen-bond donors (Lipinski definition) is 1. The second-order valence-electron chi connectivity index (χ2n) is 6.49. The SMILES string of the molecule is CC(C)Oc1cccc([C@H](C)NC(=O)c2ccc(OC(C)C)nc2)c1. The summed E-state index contributed by atoms with van der Waals surface area (Å²) >= 11 is 0. The van der Waals surface area contributed by atoms with Crippen LogP contribution in [-0.2, 0) is 0 Å². The van der Waals surface area contributed by atoms with Crippen LogP contribution in [0.1, 0.15) is 56.6 Å². The van der Waals surface area contributed by atoms with Crippen molar-refractivity contribution in [1.82, 2.24) is 10.3 Å². The van der Waals surface area contributed by atoms with Gasteiger partial charge in [-0.3, -0.25) is 4.79 Å². The molecule has 0 aliphatic carbocycles. The summed E-state index contributed by atoms with van der Waals surface area (Å²) in [5.74, 6) is 1.13. The zero-order valence-electron chi connectivity index (χ0n) is 15.4. The molecule has 0 spiro atoms. The Kier molecular flexibility index (Phi) is 6.39. The Morgan fingerprint density at radius 1 is 1.00 bits per heavy atom. The Hall–Kier alpha value is -2.56. The van der Waals surface area contributed by atoms with E-state index in [1.807, 2.05) is 58.9 Å². The number of nitrogens with one attached hydrogen (secondary N) is 1. The van der Waals surface area contributed by atoms with Crippen molar-refractivity contribution in [1.29, 1.82) is 0 Å². The van der Waals surface area contributed by atoms with Crippen LogP contribution >= 0.6 is 0 Å². The van der Waals surface area contributed by atoms with Gasteiger partial charge in [0, 0.05) is 12.3 Å². The van der Waals surface area contributed by atoms with Gasteiger partial charge in [-0.15, -0.1) is 0 Å². The first-order valence-corrected chi connectivity index (χ1v) is 8.55. The Bertz CT molecular complexity index is 696. The van der Waals surface area contributed by atoms with E-state index in [1.165, 1.54) is 6.20 Å². The van der Waals surface area contributed by atoms with Crippen molar-refractivity contribution < 1.29 is 14.3 Å². The van der Waals surface area contributed by atoms with Crippen LogP contribution in [0.2, 0.25) is 0 Å². The molecule has 2 rings (SSSR count). The average molecular weight is 342 g/mol. The third-order valence-corrected chi connectivity index (χ3v) is 3.43. The lowest BCUT2D eigenvalue weighted by Crippen LogP contribution is -2.26. The van der Waals surface area contributed by atoms with Crippen molar-refractivity contribution in [2.75, 3.05) is 0 Å². The maximum atomic E-state index is 12.4. The quantitative estimate of drug-likeness (QED) is 0.821. The molecule has 1 N–H and O–H groups in total. The molecule has 1 atom stereocenters. The normalized spacial score (nSPS) is 12.1. The van der Waals surface area contributed by atoms with Gasteiger partial charge in [0.05, 0.1) is 23.8 Å². The fraction of sp³-hybridized carbons (Fsp3) is 0.400. The topological polar surface area (TPSA) is 60.5 Å². The van der Waals surface area contributed by atoms with Gasteiger partial charge in [-0.2, -0.15) is 0 Å². The molecule has 1 aromatic carbocycles. The van der Waals surface area contributed by atoms with Crippen molar-refractivity contribution in [2.24, 2.45) is 0 Å². The Morgan fingerprint density at radius 2 is 1.72 bits per heavy atom. The van der Waals surface area contributed by atoms with Crippen LogP contribution in [0, 0.1) is 0 Å². The third-order valence-electron chi connectivity index (χ3n) is 3.43. The number of nitrogens with zero attached hydrogens (tertiary/aromatic N) is 1. The van der Waals surface area contributed by atoms with E-state index in [-0.39, 0.29) is 24.2 Å². The molecule has 0 bridgehead atoms. The fourth-order valence-electron chi connectivity index (χ4n) is 2.32. The van der Waals surface area contributed by atoms with Crippen LogP contribution < -0.4 is 14.8 Å². The molecule has 0 radical (unpaired) electrons. The van der Waals surface area contributed by atoms with Gasteiger partial charge in [-0.1, -0.05) is 12.1 Å². The van der Waals surface area contributed by atoms with E-state index >= 15 is 0 Å². The highest BCUT2D eigenvalue weighted by molar-refractivity contribution is 5.94. The molecule has 134 valence electrons. The molecular weight excluding hydrogens is 316 g/mol. The number of hydrogen-bond acceptors (Lipinski definition) is 4.